The number of sulfonamides is 1. The van der Waals surface area contributed by atoms with Crippen LogP contribution in [0.3, 0.4) is 0 Å². The summed E-state index contributed by atoms with van der Waals surface area (Å²) in [5, 5.41) is 9.07. The molecule has 0 aliphatic rings. The summed E-state index contributed by atoms with van der Waals surface area (Å²) < 4.78 is 40.9. The first-order valence-corrected chi connectivity index (χ1v) is 7.73. The van der Waals surface area contributed by atoms with Gasteiger partial charge in [-0.05, 0) is 30.7 Å². The van der Waals surface area contributed by atoms with Gasteiger partial charge in [0.2, 0.25) is 0 Å². The van der Waals surface area contributed by atoms with Gasteiger partial charge in [0.1, 0.15) is 10.7 Å². The molecular weight excluding hydrogens is 319 g/mol. The quantitative estimate of drug-likeness (QED) is 0.902. The molecule has 0 bridgehead atoms. The summed E-state index contributed by atoms with van der Waals surface area (Å²) in [5.41, 5.74) is 0.690. The predicted molar refractivity (Wildman–Crippen MR) is 77.1 cm³/mol. The summed E-state index contributed by atoms with van der Waals surface area (Å²) >= 11 is 5.76. The molecule has 0 unspecified atom stereocenters. The number of benzene rings is 1. The highest BCUT2D eigenvalue weighted by molar-refractivity contribution is 7.92. The lowest BCUT2D eigenvalue weighted by Gasteiger charge is -2.12. The fraction of sp³-hybridized carbons (Fsp3) is 0.154. The molecule has 21 heavy (non-hydrogen) atoms. The molecule has 0 aliphatic carbocycles. The number of pyridine rings is 1. The SMILES string of the molecule is Cc1cnccc1NS(=O)(=O)c1cc(Cl)cc(CO)c1F. The Hall–Kier alpha value is -1.70. The van der Waals surface area contributed by atoms with Gasteiger partial charge in [-0.2, -0.15) is 0 Å². The first-order chi connectivity index (χ1) is 9.85. The van der Waals surface area contributed by atoms with Gasteiger partial charge in [0.05, 0.1) is 12.3 Å². The molecule has 8 heteroatoms. The third kappa shape index (κ3) is 3.31. The van der Waals surface area contributed by atoms with Gasteiger partial charge in [-0.1, -0.05) is 11.6 Å². The predicted octanol–water partition coefficient (Wildman–Crippen LogP) is 2.48. The lowest BCUT2D eigenvalue weighted by Crippen LogP contribution is -2.16. The molecule has 0 radical (unpaired) electrons. The number of hydrogen-bond acceptors (Lipinski definition) is 4. The molecule has 2 aromatic rings. The van der Waals surface area contributed by atoms with Crippen LogP contribution in [-0.2, 0) is 16.6 Å². The van der Waals surface area contributed by atoms with E-state index in [1.165, 1.54) is 24.5 Å². The Balaban J connectivity index is 2.50. The summed E-state index contributed by atoms with van der Waals surface area (Å²) in [4.78, 5) is 3.23. The number of nitrogens with zero attached hydrogens (tertiary/aromatic N) is 1. The number of nitrogens with one attached hydrogen (secondary N) is 1. The summed E-state index contributed by atoms with van der Waals surface area (Å²) in [7, 11) is -4.17. The zero-order valence-corrected chi connectivity index (χ0v) is 12.5. The second-order valence-corrected chi connectivity index (χ2v) is 6.42. The van der Waals surface area contributed by atoms with Crippen LogP contribution in [0.4, 0.5) is 10.1 Å². The minimum atomic E-state index is -4.17. The Morgan fingerprint density at radius 1 is 1.43 bits per heavy atom. The van der Waals surface area contributed by atoms with Crippen molar-refractivity contribution in [3.8, 4) is 0 Å². The van der Waals surface area contributed by atoms with Crippen molar-refractivity contribution in [3.05, 3.63) is 52.6 Å². The van der Waals surface area contributed by atoms with E-state index >= 15 is 0 Å². The maximum Gasteiger partial charge on any atom is 0.264 e. The van der Waals surface area contributed by atoms with Gasteiger partial charge in [-0.25, -0.2) is 12.8 Å². The Morgan fingerprint density at radius 2 is 2.14 bits per heavy atom. The largest absolute Gasteiger partial charge is 0.392 e. The third-order valence-electron chi connectivity index (χ3n) is 2.80. The van der Waals surface area contributed by atoms with Crippen LogP contribution < -0.4 is 4.72 Å². The number of aromatic nitrogens is 1. The van der Waals surface area contributed by atoms with Crippen LogP contribution in [0.1, 0.15) is 11.1 Å². The van der Waals surface area contributed by atoms with Gasteiger partial charge < -0.3 is 5.11 Å². The van der Waals surface area contributed by atoms with Crippen LogP contribution in [0.5, 0.6) is 0 Å². The molecule has 5 nitrogen and oxygen atoms in total. The average Bonchev–Trinajstić information content (AvgIpc) is 2.43. The van der Waals surface area contributed by atoms with Crippen LogP contribution in [0, 0.1) is 12.7 Å². The molecule has 2 N–H and O–H groups in total. The highest BCUT2D eigenvalue weighted by Crippen LogP contribution is 2.26. The van der Waals surface area contributed by atoms with Gasteiger partial charge in [-0.3, -0.25) is 9.71 Å². The Morgan fingerprint density at radius 3 is 2.76 bits per heavy atom. The van der Waals surface area contributed by atoms with E-state index in [1.54, 1.807) is 6.92 Å². The van der Waals surface area contributed by atoms with Crippen LogP contribution in [0.25, 0.3) is 0 Å². The Kier molecular flexibility index (Phi) is 4.46. The topological polar surface area (TPSA) is 79.3 Å². The first kappa shape index (κ1) is 15.7. The van der Waals surface area contributed by atoms with Crippen molar-refractivity contribution < 1.29 is 17.9 Å². The van der Waals surface area contributed by atoms with Crippen LogP contribution in [0.15, 0.2) is 35.5 Å². The van der Waals surface area contributed by atoms with E-state index < -0.39 is 27.3 Å². The normalized spacial score (nSPS) is 11.4. The summed E-state index contributed by atoms with van der Waals surface area (Å²) in [5.74, 6) is -1.03. The van der Waals surface area contributed by atoms with Crippen LogP contribution >= 0.6 is 11.6 Å². The van der Waals surface area contributed by atoms with Crippen molar-refractivity contribution in [2.45, 2.75) is 18.4 Å². The second kappa shape index (κ2) is 5.97. The van der Waals surface area contributed by atoms with E-state index in [2.05, 4.69) is 9.71 Å². The summed E-state index contributed by atoms with van der Waals surface area (Å²) in [6, 6.07) is 3.63. The van der Waals surface area contributed by atoms with Crippen molar-refractivity contribution in [1.82, 2.24) is 4.98 Å². The molecule has 2 rings (SSSR count). The summed E-state index contributed by atoms with van der Waals surface area (Å²) in [6.07, 6.45) is 2.89. The van der Waals surface area contributed by atoms with Gasteiger partial charge in [0, 0.05) is 23.0 Å². The summed E-state index contributed by atoms with van der Waals surface area (Å²) in [6.45, 7) is 1.02. The Labute approximate surface area is 126 Å². The smallest absolute Gasteiger partial charge is 0.264 e. The van der Waals surface area contributed by atoms with Crippen molar-refractivity contribution in [3.63, 3.8) is 0 Å². The van der Waals surface area contributed by atoms with E-state index in [0.717, 1.165) is 6.07 Å². The van der Waals surface area contributed by atoms with E-state index in [4.69, 9.17) is 16.7 Å². The molecule has 0 amide bonds. The number of aliphatic hydroxyl groups is 1. The molecule has 0 fully saturated rings. The molecule has 1 aromatic heterocycles. The zero-order chi connectivity index (χ0) is 15.6. The van der Waals surface area contributed by atoms with E-state index in [1.807, 2.05) is 0 Å². The van der Waals surface area contributed by atoms with E-state index in [0.29, 0.717) is 5.56 Å². The molecule has 0 aliphatic heterocycles. The average molecular weight is 331 g/mol. The van der Waals surface area contributed by atoms with Gasteiger partial charge >= 0.3 is 0 Å². The monoisotopic (exact) mass is 330 g/mol. The zero-order valence-electron chi connectivity index (χ0n) is 11.0. The fourth-order valence-corrected chi connectivity index (χ4v) is 3.30. The highest BCUT2D eigenvalue weighted by atomic mass is 35.5. The standard InChI is InChI=1S/C13H12ClFN2O3S/c1-8-6-16-3-2-11(8)17-21(19,20)12-5-10(14)4-9(7-18)13(12)15/h2-6,18H,7H2,1H3,(H,16,17). The number of hydrogen-bond donors (Lipinski definition) is 2. The van der Waals surface area contributed by atoms with Gasteiger partial charge in [0.25, 0.3) is 10.0 Å². The molecule has 0 atom stereocenters. The molecule has 0 saturated carbocycles. The molecule has 1 heterocycles. The van der Waals surface area contributed by atoms with Crippen molar-refractivity contribution in [1.29, 1.82) is 0 Å². The molecule has 0 spiro atoms. The van der Waals surface area contributed by atoms with Crippen LogP contribution in [-0.4, -0.2) is 18.5 Å². The number of aliphatic hydroxyl groups excluding tert-OH is 1. The lowest BCUT2D eigenvalue weighted by atomic mass is 10.2. The van der Waals surface area contributed by atoms with E-state index in [-0.39, 0.29) is 16.3 Å². The number of rotatable bonds is 4. The molecule has 1 aromatic carbocycles. The first-order valence-electron chi connectivity index (χ1n) is 5.87. The molecule has 112 valence electrons. The highest BCUT2D eigenvalue weighted by Gasteiger charge is 2.23. The maximum absolute atomic E-state index is 14.1. The number of anilines is 1. The van der Waals surface area contributed by atoms with Crippen molar-refractivity contribution in [2.75, 3.05) is 4.72 Å². The van der Waals surface area contributed by atoms with E-state index in [9.17, 15) is 12.8 Å². The van der Waals surface area contributed by atoms with Crippen LogP contribution in [0.2, 0.25) is 5.02 Å². The van der Waals surface area contributed by atoms with Gasteiger partial charge in [-0.15, -0.1) is 0 Å². The minimum absolute atomic E-state index is 0.0206. The van der Waals surface area contributed by atoms with Crippen molar-refractivity contribution in [2.24, 2.45) is 0 Å². The van der Waals surface area contributed by atoms with Crippen molar-refractivity contribution >= 4 is 27.3 Å². The number of halogens is 2. The minimum Gasteiger partial charge on any atom is -0.392 e. The lowest BCUT2D eigenvalue weighted by molar-refractivity contribution is 0.274. The van der Waals surface area contributed by atoms with Gasteiger partial charge in [0.15, 0.2) is 0 Å². The Bertz CT molecular complexity index is 781. The maximum atomic E-state index is 14.1. The third-order valence-corrected chi connectivity index (χ3v) is 4.39. The number of aryl methyl sites for hydroxylation is 1. The molecular formula is C13H12ClFN2O3S. The molecule has 0 saturated heterocycles. The fourth-order valence-electron chi connectivity index (χ4n) is 1.72. The second-order valence-electron chi connectivity index (χ2n) is 4.33.